The van der Waals surface area contributed by atoms with Crippen molar-refractivity contribution < 1.29 is 4.84 Å². The van der Waals surface area contributed by atoms with Gasteiger partial charge in [0.1, 0.15) is 6.61 Å². The Kier molecular flexibility index (Phi) is 4.16. The van der Waals surface area contributed by atoms with Gasteiger partial charge in [-0.15, -0.1) is 4.91 Å². The third-order valence-electron chi connectivity index (χ3n) is 0.866. The molecule has 0 heterocycles. The third kappa shape index (κ3) is 3.55. The molecule has 48 valence electrons. The molecular formula is C4H10N2O2. The lowest BCUT2D eigenvalue weighted by atomic mass is 10.3. The predicted molar refractivity (Wildman–Crippen MR) is 30.0 cm³/mol. The fourth-order valence-electron chi connectivity index (χ4n) is 0.244. The van der Waals surface area contributed by atoms with Crippen LogP contribution in [-0.4, -0.2) is 12.6 Å². The minimum Gasteiger partial charge on any atom is -0.362 e. The van der Waals surface area contributed by atoms with E-state index < -0.39 is 0 Å². The molecule has 8 heavy (non-hydrogen) atoms. The van der Waals surface area contributed by atoms with Crippen LogP contribution in [0.2, 0.25) is 0 Å². The van der Waals surface area contributed by atoms with Gasteiger partial charge >= 0.3 is 0 Å². The van der Waals surface area contributed by atoms with Gasteiger partial charge in [-0.05, 0) is 6.42 Å². The summed E-state index contributed by atoms with van der Waals surface area (Å²) in [7, 11) is 0. The summed E-state index contributed by atoms with van der Waals surface area (Å²) in [6, 6.07) is -0.0623. The van der Waals surface area contributed by atoms with E-state index in [1.54, 1.807) is 0 Å². The van der Waals surface area contributed by atoms with Crippen molar-refractivity contribution in [2.45, 2.75) is 19.4 Å². The van der Waals surface area contributed by atoms with Crippen LogP contribution in [0.5, 0.6) is 0 Å². The molecule has 4 nitrogen and oxygen atoms in total. The van der Waals surface area contributed by atoms with E-state index in [0.29, 0.717) is 0 Å². The van der Waals surface area contributed by atoms with E-state index in [-0.39, 0.29) is 12.6 Å². The lowest BCUT2D eigenvalue weighted by Gasteiger charge is -2.02. The van der Waals surface area contributed by atoms with E-state index in [1.807, 2.05) is 6.92 Å². The van der Waals surface area contributed by atoms with E-state index in [0.717, 1.165) is 6.42 Å². The van der Waals surface area contributed by atoms with Gasteiger partial charge in [0, 0.05) is 6.04 Å². The molecule has 0 aromatic carbocycles. The summed E-state index contributed by atoms with van der Waals surface area (Å²) in [5.74, 6) is 0. The SMILES string of the molecule is CCC(N)CON=O. The molecular weight excluding hydrogens is 108 g/mol. The summed E-state index contributed by atoms with van der Waals surface area (Å²) >= 11 is 0. The maximum Gasteiger partial charge on any atom is 0.155 e. The second-order valence-electron chi connectivity index (χ2n) is 1.54. The molecule has 0 rings (SSSR count). The van der Waals surface area contributed by atoms with Gasteiger partial charge in [-0.25, -0.2) is 0 Å². The van der Waals surface area contributed by atoms with Crippen LogP contribution in [0.3, 0.4) is 0 Å². The molecule has 0 aromatic heterocycles. The van der Waals surface area contributed by atoms with E-state index in [2.05, 4.69) is 10.2 Å². The Bertz CT molecular complexity index is 67.1. The van der Waals surface area contributed by atoms with Crippen molar-refractivity contribution in [2.75, 3.05) is 6.61 Å². The van der Waals surface area contributed by atoms with E-state index in [4.69, 9.17) is 5.73 Å². The first-order valence-electron chi connectivity index (χ1n) is 2.51. The minimum atomic E-state index is -0.0623. The molecule has 0 aliphatic carbocycles. The molecule has 0 saturated carbocycles. The largest absolute Gasteiger partial charge is 0.362 e. The highest BCUT2D eigenvalue weighted by molar-refractivity contribution is 4.53. The van der Waals surface area contributed by atoms with Crippen molar-refractivity contribution in [3.63, 3.8) is 0 Å². The Morgan fingerprint density at radius 2 is 2.50 bits per heavy atom. The lowest BCUT2D eigenvalue weighted by molar-refractivity contribution is 0.124. The Labute approximate surface area is 47.9 Å². The second-order valence-corrected chi connectivity index (χ2v) is 1.54. The Balaban J connectivity index is 2.97. The zero-order valence-electron chi connectivity index (χ0n) is 4.83. The monoisotopic (exact) mass is 118 g/mol. The Morgan fingerprint density at radius 3 is 2.88 bits per heavy atom. The van der Waals surface area contributed by atoms with Crippen molar-refractivity contribution in [2.24, 2.45) is 11.1 Å². The molecule has 0 aliphatic heterocycles. The maximum absolute atomic E-state index is 9.30. The van der Waals surface area contributed by atoms with Gasteiger partial charge in [0.25, 0.3) is 0 Å². The van der Waals surface area contributed by atoms with Crippen LogP contribution in [0.4, 0.5) is 0 Å². The first-order chi connectivity index (χ1) is 3.81. The van der Waals surface area contributed by atoms with E-state index in [9.17, 15) is 4.91 Å². The first-order valence-corrected chi connectivity index (χ1v) is 2.51. The minimum absolute atomic E-state index is 0.0623. The smallest absolute Gasteiger partial charge is 0.155 e. The second kappa shape index (κ2) is 4.52. The summed E-state index contributed by atoms with van der Waals surface area (Å²) in [4.78, 5) is 13.4. The number of rotatable bonds is 4. The van der Waals surface area contributed by atoms with Gasteiger partial charge in [-0.2, -0.15) is 0 Å². The number of nitrogens with two attached hydrogens (primary N) is 1. The van der Waals surface area contributed by atoms with Crippen molar-refractivity contribution in [3.8, 4) is 0 Å². The summed E-state index contributed by atoms with van der Waals surface area (Å²) in [6.45, 7) is 2.14. The first kappa shape index (κ1) is 7.36. The van der Waals surface area contributed by atoms with Crippen LogP contribution in [0.15, 0.2) is 5.34 Å². The third-order valence-corrected chi connectivity index (χ3v) is 0.866. The fourth-order valence-corrected chi connectivity index (χ4v) is 0.244. The predicted octanol–water partition coefficient (Wildman–Crippen LogP) is 0.422. The van der Waals surface area contributed by atoms with Crippen LogP contribution < -0.4 is 5.73 Å². The molecule has 4 heteroatoms. The summed E-state index contributed by atoms with van der Waals surface area (Å²) in [5, 5.41) is 2.19. The molecule has 0 radical (unpaired) electrons. The standard InChI is InChI=1S/C4H10N2O2/c1-2-4(5)3-8-6-7/h4H,2-3,5H2,1H3. The Morgan fingerprint density at radius 1 is 1.88 bits per heavy atom. The van der Waals surface area contributed by atoms with Crippen molar-refractivity contribution in [1.82, 2.24) is 0 Å². The van der Waals surface area contributed by atoms with Gasteiger partial charge in [0.15, 0.2) is 5.34 Å². The quantitative estimate of drug-likeness (QED) is 0.429. The molecule has 1 atom stereocenters. The van der Waals surface area contributed by atoms with Crippen LogP contribution in [-0.2, 0) is 4.84 Å². The summed E-state index contributed by atoms with van der Waals surface area (Å²) in [6.07, 6.45) is 0.801. The zero-order valence-corrected chi connectivity index (χ0v) is 4.83. The van der Waals surface area contributed by atoms with Crippen molar-refractivity contribution >= 4 is 0 Å². The Hall–Kier alpha value is -0.640. The van der Waals surface area contributed by atoms with Crippen LogP contribution in [0.1, 0.15) is 13.3 Å². The fraction of sp³-hybridized carbons (Fsp3) is 1.00. The van der Waals surface area contributed by atoms with E-state index >= 15 is 0 Å². The highest BCUT2D eigenvalue weighted by atomic mass is 16.7. The molecule has 0 aromatic rings. The number of hydrogen-bond acceptors (Lipinski definition) is 4. The van der Waals surface area contributed by atoms with Gasteiger partial charge < -0.3 is 10.6 Å². The lowest BCUT2D eigenvalue weighted by Crippen LogP contribution is -2.23. The van der Waals surface area contributed by atoms with Crippen LogP contribution in [0.25, 0.3) is 0 Å². The molecule has 0 spiro atoms. The normalized spacial score (nSPS) is 12.8. The number of nitrogens with zero attached hydrogens (tertiary/aromatic N) is 1. The molecule has 2 N–H and O–H groups in total. The highest BCUT2D eigenvalue weighted by Crippen LogP contribution is 1.86. The average Bonchev–Trinajstić information content (AvgIpc) is 1.83. The molecule has 1 unspecified atom stereocenters. The van der Waals surface area contributed by atoms with Gasteiger partial charge in [-0.3, -0.25) is 0 Å². The molecule has 0 fully saturated rings. The summed E-state index contributed by atoms with van der Waals surface area (Å²) < 4.78 is 0. The number of hydrogen-bond donors (Lipinski definition) is 1. The van der Waals surface area contributed by atoms with Crippen molar-refractivity contribution in [3.05, 3.63) is 4.91 Å². The molecule has 0 bridgehead atoms. The van der Waals surface area contributed by atoms with Crippen LogP contribution >= 0.6 is 0 Å². The van der Waals surface area contributed by atoms with Gasteiger partial charge in [-0.1, -0.05) is 6.92 Å². The zero-order chi connectivity index (χ0) is 6.41. The molecule has 0 amide bonds. The molecule has 0 saturated heterocycles. The average molecular weight is 118 g/mol. The van der Waals surface area contributed by atoms with Crippen molar-refractivity contribution in [1.29, 1.82) is 0 Å². The molecule has 0 aliphatic rings. The van der Waals surface area contributed by atoms with Gasteiger partial charge in [0.05, 0.1) is 0 Å². The highest BCUT2D eigenvalue weighted by Gasteiger charge is 1.96. The topological polar surface area (TPSA) is 64.7 Å². The van der Waals surface area contributed by atoms with Crippen LogP contribution in [0, 0.1) is 4.91 Å². The maximum atomic E-state index is 9.30. The van der Waals surface area contributed by atoms with Gasteiger partial charge in [0.2, 0.25) is 0 Å². The van der Waals surface area contributed by atoms with E-state index in [1.165, 1.54) is 0 Å². The summed E-state index contributed by atoms with van der Waals surface area (Å²) in [5.41, 5.74) is 5.34.